The first-order chi connectivity index (χ1) is 9.45. The van der Waals surface area contributed by atoms with Gasteiger partial charge in [-0.05, 0) is 31.2 Å². The molecular formula is C15H15F3N2. The Morgan fingerprint density at radius 1 is 1.10 bits per heavy atom. The van der Waals surface area contributed by atoms with Gasteiger partial charge in [0.1, 0.15) is 0 Å². The van der Waals surface area contributed by atoms with E-state index in [1.807, 2.05) is 19.1 Å². The van der Waals surface area contributed by atoms with E-state index in [4.69, 9.17) is 0 Å². The van der Waals surface area contributed by atoms with Crippen LogP contribution in [-0.2, 0) is 6.18 Å². The minimum atomic E-state index is -4.39. The lowest BCUT2D eigenvalue weighted by Crippen LogP contribution is -2.14. The molecule has 1 heterocycles. The van der Waals surface area contributed by atoms with Crippen molar-refractivity contribution in [2.75, 3.05) is 7.05 Å². The minimum Gasteiger partial charge on any atom is -0.313 e. The lowest BCUT2D eigenvalue weighted by atomic mass is 9.93. The SMILES string of the molecule is CNC(C)c1ccccc1-c1cnccc1C(F)(F)F. The van der Waals surface area contributed by atoms with Gasteiger partial charge in [0.05, 0.1) is 5.56 Å². The number of rotatable bonds is 3. The van der Waals surface area contributed by atoms with Crippen LogP contribution in [0.4, 0.5) is 13.2 Å². The van der Waals surface area contributed by atoms with Crippen molar-refractivity contribution in [2.24, 2.45) is 0 Å². The Kier molecular flexibility index (Phi) is 4.09. The van der Waals surface area contributed by atoms with Crippen molar-refractivity contribution in [3.05, 3.63) is 53.9 Å². The highest BCUT2D eigenvalue weighted by Gasteiger charge is 2.34. The van der Waals surface area contributed by atoms with Crippen LogP contribution in [0.5, 0.6) is 0 Å². The van der Waals surface area contributed by atoms with Crippen molar-refractivity contribution in [2.45, 2.75) is 19.1 Å². The predicted molar refractivity (Wildman–Crippen MR) is 72.1 cm³/mol. The maximum absolute atomic E-state index is 13.1. The van der Waals surface area contributed by atoms with E-state index in [2.05, 4.69) is 10.3 Å². The molecule has 0 saturated carbocycles. The number of alkyl halides is 3. The van der Waals surface area contributed by atoms with Crippen LogP contribution in [-0.4, -0.2) is 12.0 Å². The van der Waals surface area contributed by atoms with Crippen molar-refractivity contribution in [3.8, 4) is 11.1 Å². The van der Waals surface area contributed by atoms with Gasteiger partial charge in [-0.25, -0.2) is 0 Å². The Hall–Kier alpha value is -1.88. The Bertz CT molecular complexity index is 594. The van der Waals surface area contributed by atoms with Gasteiger partial charge in [0.2, 0.25) is 0 Å². The Morgan fingerprint density at radius 3 is 2.45 bits per heavy atom. The molecule has 0 saturated heterocycles. The molecule has 0 amide bonds. The highest BCUT2D eigenvalue weighted by Crippen LogP contribution is 2.38. The lowest BCUT2D eigenvalue weighted by Gasteiger charge is -2.18. The largest absolute Gasteiger partial charge is 0.417 e. The molecule has 20 heavy (non-hydrogen) atoms. The number of hydrogen-bond donors (Lipinski definition) is 1. The van der Waals surface area contributed by atoms with Gasteiger partial charge in [0, 0.05) is 24.0 Å². The van der Waals surface area contributed by atoms with Crippen LogP contribution in [0.15, 0.2) is 42.7 Å². The molecule has 5 heteroatoms. The zero-order valence-corrected chi connectivity index (χ0v) is 11.2. The van der Waals surface area contributed by atoms with Crippen molar-refractivity contribution in [3.63, 3.8) is 0 Å². The predicted octanol–water partition coefficient (Wildman–Crippen LogP) is 4.05. The van der Waals surface area contributed by atoms with E-state index < -0.39 is 11.7 Å². The second-order valence-corrected chi connectivity index (χ2v) is 4.52. The molecule has 1 atom stereocenters. The Morgan fingerprint density at radius 2 is 1.80 bits per heavy atom. The van der Waals surface area contributed by atoms with Crippen molar-refractivity contribution in [1.29, 1.82) is 0 Å². The summed E-state index contributed by atoms with van der Waals surface area (Å²) in [5.41, 5.74) is 0.809. The number of nitrogens with one attached hydrogen (secondary N) is 1. The van der Waals surface area contributed by atoms with Crippen LogP contribution < -0.4 is 5.32 Å². The molecule has 2 rings (SSSR count). The molecule has 0 radical (unpaired) electrons. The molecule has 1 N–H and O–H groups in total. The van der Waals surface area contributed by atoms with Crippen LogP contribution in [0.2, 0.25) is 0 Å². The topological polar surface area (TPSA) is 24.9 Å². The summed E-state index contributed by atoms with van der Waals surface area (Å²) < 4.78 is 39.3. The second-order valence-electron chi connectivity index (χ2n) is 4.52. The van der Waals surface area contributed by atoms with Gasteiger partial charge in [-0.1, -0.05) is 24.3 Å². The normalized spacial score (nSPS) is 13.2. The van der Waals surface area contributed by atoms with Crippen LogP contribution in [0.25, 0.3) is 11.1 Å². The molecule has 0 aliphatic heterocycles. The van der Waals surface area contributed by atoms with E-state index in [0.717, 1.165) is 17.8 Å². The summed E-state index contributed by atoms with van der Waals surface area (Å²) in [4.78, 5) is 3.84. The molecule has 1 unspecified atom stereocenters. The quantitative estimate of drug-likeness (QED) is 0.917. The molecule has 2 nitrogen and oxygen atoms in total. The molecule has 1 aromatic heterocycles. The number of nitrogens with zero attached hydrogens (tertiary/aromatic N) is 1. The van der Waals surface area contributed by atoms with E-state index in [0.29, 0.717) is 5.56 Å². The van der Waals surface area contributed by atoms with Crippen LogP contribution in [0, 0.1) is 0 Å². The molecule has 0 bridgehead atoms. The number of halogens is 3. The summed E-state index contributed by atoms with van der Waals surface area (Å²) in [5.74, 6) is 0. The molecule has 0 fully saturated rings. The second kappa shape index (κ2) is 5.63. The summed E-state index contributed by atoms with van der Waals surface area (Å²) in [7, 11) is 1.77. The van der Waals surface area contributed by atoms with Gasteiger partial charge in [-0.2, -0.15) is 13.2 Å². The Balaban J connectivity index is 2.64. The summed E-state index contributed by atoms with van der Waals surface area (Å²) in [6.07, 6.45) is -1.96. The van der Waals surface area contributed by atoms with Gasteiger partial charge < -0.3 is 5.32 Å². The maximum Gasteiger partial charge on any atom is 0.417 e. The average molecular weight is 280 g/mol. The number of aromatic nitrogens is 1. The van der Waals surface area contributed by atoms with Gasteiger partial charge in [0.25, 0.3) is 0 Å². The van der Waals surface area contributed by atoms with E-state index in [1.165, 1.54) is 6.20 Å². The number of hydrogen-bond acceptors (Lipinski definition) is 2. The third-order valence-corrected chi connectivity index (χ3v) is 3.28. The molecule has 0 spiro atoms. The van der Waals surface area contributed by atoms with Gasteiger partial charge >= 0.3 is 6.18 Å². The lowest BCUT2D eigenvalue weighted by molar-refractivity contribution is -0.137. The third kappa shape index (κ3) is 2.82. The summed E-state index contributed by atoms with van der Waals surface area (Å²) >= 11 is 0. The minimum absolute atomic E-state index is 0.0486. The van der Waals surface area contributed by atoms with E-state index in [9.17, 15) is 13.2 Å². The van der Waals surface area contributed by atoms with Gasteiger partial charge in [-0.3, -0.25) is 4.98 Å². The summed E-state index contributed by atoms with van der Waals surface area (Å²) in [6.45, 7) is 1.91. The zero-order chi connectivity index (χ0) is 14.8. The van der Waals surface area contributed by atoms with Crippen LogP contribution >= 0.6 is 0 Å². The van der Waals surface area contributed by atoms with Crippen LogP contribution in [0.1, 0.15) is 24.1 Å². The molecule has 1 aromatic carbocycles. The maximum atomic E-state index is 13.1. The fraction of sp³-hybridized carbons (Fsp3) is 0.267. The van der Waals surface area contributed by atoms with Gasteiger partial charge in [0.15, 0.2) is 0 Å². The monoisotopic (exact) mass is 280 g/mol. The molecule has 106 valence electrons. The third-order valence-electron chi connectivity index (χ3n) is 3.28. The van der Waals surface area contributed by atoms with Crippen molar-refractivity contribution < 1.29 is 13.2 Å². The van der Waals surface area contributed by atoms with Crippen molar-refractivity contribution >= 4 is 0 Å². The number of benzene rings is 1. The number of pyridine rings is 1. The zero-order valence-electron chi connectivity index (χ0n) is 11.2. The molecule has 2 aromatic rings. The summed E-state index contributed by atoms with van der Waals surface area (Å²) in [6, 6.07) is 8.02. The van der Waals surface area contributed by atoms with Gasteiger partial charge in [-0.15, -0.1) is 0 Å². The van der Waals surface area contributed by atoms with E-state index in [-0.39, 0.29) is 11.6 Å². The van der Waals surface area contributed by atoms with E-state index >= 15 is 0 Å². The first-order valence-corrected chi connectivity index (χ1v) is 6.23. The highest BCUT2D eigenvalue weighted by molar-refractivity contribution is 5.71. The standard InChI is InChI=1S/C15H15F3N2/c1-10(19-2)11-5-3-4-6-12(11)13-9-20-8-7-14(13)15(16,17)18/h3-10,19H,1-2H3. The average Bonchev–Trinajstić information content (AvgIpc) is 2.45. The molecule has 0 aliphatic carbocycles. The van der Waals surface area contributed by atoms with Crippen LogP contribution in [0.3, 0.4) is 0 Å². The highest BCUT2D eigenvalue weighted by atomic mass is 19.4. The first-order valence-electron chi connectivity index (χ1n) is 6.23. The summed E-state index contributed by atoms with van der Waals surface area (Å²) in [5, 5.41) is 3.05. The molecule has 0 aliphatic rings. The smallest absolute Gasteiger partial charge is 0.313 e. The fourth-order valence-corrected chi connectivity index (χ4v) is 2.13. The van der Waals surface area contributed by atoms with Crippen molar-refractivity contribution in [1.82, 2.24) is 10.3 Å². The Labute approximate surface area is 115 Å². The first kappa shape index (κ1) is 14.5. The van der Waals surface area contributed by atoms with E-state index in [1.54, 1.807) is 19.2 Å². The fourth-order valence-electron chi connectivity index (χ4n) is 2.13. The molecular weight excluding hydrogens is 265 g/mol.